The lowest BCUT2D eigenvalue weighted by Gasteiger charge is -2.05. The van der Waals surface area contributed by atoms with Crippen LogP contribution in [0.2, 0.25) is 10.2 Å². The summed E-state index contributed by atoms with van der Waals surface area (Å²) in [5, 5.41) is 13.6. The minimum atomic E-state index is -0.726. The summed E-state index contributed by atoms with van der Waals surface area (Å²) in [6.07, 6.45) is 2.31. The molecular formula is C11H6Cl2N4O3. The molecule has 0 bridgehead atoms. The number of halogens is 2. The zero-order chi connectivity index (χ0) is 14.7. The van der Waals surface area contributed by atoms with Crippen LogP contribution in [0.4, 0.5) is 11.5 Å². The molecule has 0 saturated carbocycles. The van der Waals surface area contributed by atoms with E-state index < -0.39 is 16.5 Å². The molecule has 0 spiro atoms. The molecule has 1 amide bonds. The smallest absolute Gasteiger partial charge is 0.300 e. The Morgan fingerprint density at radius 3 is 2.70 bits per heavy atom. The van der Waals surface area contributed by atoms with Gasteiger partial charge in [-0.2, -0.15) is 0 Å². The fraction of sp³-hybridized carbons (Fsp3) is 0. The Balaban J connectivity index is 2.34. The van der Waals surface area contributed by atoms with Crippen LogP contribution in [0.3, 0.4) is 0 Å². The highest BCUT2D eigenvalue weighted by Crippen LogP contribution is 2.21. The maximum absolute atomic E-state index is 12.0. The van der Waals surface area contributed by atoms with E-state index in [0.29, 0.717) is 5.02 Å². The lowest BCUT2D eigenvalue weighted by atomic mass is 10.2. The summed E-state index contributed by atoms with van der Waals surface area (Å²) < 4.78 is 0. The monoisotopic (exact) mass is 312 g/mol. The van der Waals surface area contributed by atoms with Gasteiger partial charge < -0.3 is 5.32 Å². The first-order valence-electron chi connectivity index (χ1n) is 5.20. The van der Waals surface area contributed by atoms with Crippen molar-refractivity contribution >= 4 is 40.6 Å². The minimum absolute atomic E-state index is 0.0280. The molecule has 0 atom stereocenters. The summed E-state index contributed by atoms with van der Waals surface area (Å²) in [6.45, 7) is 0. The van der Waals surface area contributed by atoms with E-state index in [0.717, 1.165) is 12.3 Å². The molecule has 7 nitrogen and oxygen atoms in total. The average molecular weight is 313 g/mol. The zero-order valence-electron chi connectivity index (χ0n) is 9.71. The number of carbonyl (C=O) groups excluding carboxylic acids is 1. The molecule has 0 radical (unpaired) electrons. The fourth-order valence-electron chi connectivity index (χ4n) is 1.41. The van der Waals surface area contributed by atoms with Crippen molar-refractivity contribution in [3.8, 4) is 0 Å². The fourth-order valence-corrected chi connectivity index (χ4v) is 1.72. The summed E-state index contributed by atoms with van der Waals surface area (Å²) in [4.78, 5) is 29.6. The number of carbonyl (C=O) groups is 1. The molecule has 0 unspecified atom stereocenters. The number of anilines is 1. The number of amides is 1. The normalized spacial score (nSPS) is 10.1. The third kappa shape index (κ3) is 3.19. The maximum Gasteiger partial charge on any atom is 0.300 e. The first-order chi connectivity index (χ1) is 9.47. The van der Waals surface area contributed by atoms with Crippen molar-refractivity contribution < 1.29 is 9.72 Å². The van der Waals surface area contributed by atoms with E-state index in [-0.39, 0.29) is 16.5 Å². The van der Waals surface area contributed by atoms with Crippen molar-refractivity contribution in [3.63, 3.8) is 0 Å². The number of hydrogen-bond acceptors (Lipinski definition) is 5. The topological polar surface area (TPSA) is 98.0 Å². The molecule has 102 valence electrons. The summed E-state index contributed by atoms with van der Waals surface area (Å²) in [7, 11) is 0. The highest BCUT2D eigenvalue weighted by molar-refractivity contribution is 6.31. The third-order valence-corrected chi connectivity index (χ3v) is 2.70. The number of nitrogens with zero attached hydrogens (tertiary/aromatic N) is 3. The predicted octanol–water partition coefficient (Wildman–Crippen LogP) is 2.94. The van der Waals surface area contributed by atoms with Gasteiger partial charge in [0, 0.05) is 11.2 Å². The van der Waals surface area contributed by atoms with Gasteiger partial charge in [-0.3, -0.25) is 14.9 Å². The highest BCUT2D eigenvalue weighted by Gasteiger charge is 2.21. The molecule has 20 heavy (non-hydrogen) atoms. The van der Waals surface area contributed by atoms with E-state index in [1.165, 1.54) is 18.3 Å². The lowest BCUT2D eigenvalue weighted by molar-refractivity contribution is -0.385. The first-order valence-corrected chi connectivity index (χ1v) is 5.96. The third-order valence-electron chi connectivity index (χ3n) is 2.25. The Morgan fingerprint density at radius 1 is 1.30 bits per heavy atom. The molecule has 9 heteroatoms. The molecule has 2 heterocycles. The number of aromatic nitrogens is 2. The van der Waals surface area contributed by atoms with Crippen LogP contribution in [0.25, 0.3) is 0 Å². The van der Waals surface area contributed by atoms with E-state index in [9.17, 15) is 14.9 Å². The van der Waals surface area contributed by atoms with Crippen LogP contribution in [0.1, 0.15) is 10.4 Å². The number of nitro groups is 1. The van der Waals surface area contributed by atoms with E-state index in [2.05, 4.69) is 15.3 Å². The Bertz CT molecular complexity index is 693. The molecule has 2 rings (SSSR count). The Kier molecular flexibility index (Phi) is 4.11. The lowest BCUT2D eigenvalue weighted by Crippen LogP contribution is -2.15. The largest absolute Gasteiger partial charge is 0.306 e. The van der Waals surface area contributed by atoms with Gasteiger partial charge in [-0.15, -0.1) is 0 Å². The predicted molar refractivity (Wildman–Crippen MR) is 73.1 cm³/mol. The van der Waals surface area contributed by atoms with Crippen LogP contribution in [0.15, 0.2) is 30.6 Å². The number of rotatable bonds is 3. The van der Waals surface area contributed by atoms with Crippen LogP contribution in [0.5, 0.6) is 0 Å². The maximum atomic E-state index is 12.0. The van der Waals surface area contributed by atoms with E-state index in [1.807, 2.05) is 0 Å². The van der Waals surface area contributed by atoms with E-state index >= 15 is 0 Å². The van der Waals surface area contributed by atoms with Gasteiger partial charge in [-0.25, -0.2) is 9.97 Å². The Morgan fingerprint density at radius 2 is 2.05 bits per heavy atom. The van der Waals surface area contributed by atoms with Gasteiger partial charge in [0.15, 0.2) is 0 Å². The standard InChI is InChI=1S/C11H6Cl2N4O3/c12-6-1-2-14-10(3-6)16-11(18)7-4-9(13)15-5-8(7)17(19)20/h1-5H,(H,14,16,18). The second-order valence-electron chi connectivity index (χ2n) is 3.59. The Labute approximate surface area is 122 Å². The van der Waals surface area contributed by atoms with Gasteiger partial charge in [0.1, 0.15) is 22.7 Å². The quantitative estimate of drug-likeness (QED) is 0.533. The molecule has 2 aromatic heterocycles. The van der Waals surface area contributed by atoms with Crippen molar-refractivity contribution in [3.05, 3.63) is 56.4 Å². The molecule has 2 aromatic rings. The molecule has 0 aliphatic carbocycles. The molecule has 0 aliphatic rings. The molecule has 1 N–H and O–H groups in total. The van der Waals surface area contributed by atoms with Crippen LogP contribution >= 0.6 is 23.2 Å². The molecular weight excluding hydrogens is 307 g/mol. The van der Waals surface area contributed by atoms with E-state index in [1.54, 1.807) is 0 Å². The van der Waals surface area contributed by atoms with Gasteiger partial charge in [0.05, 0.1) is 4.92 Å². The van der Waals surface area contributed by atoms with Crippen molar-refractivity contribution in [2.45, 2.75) is 0 Å². The van der Waals surface area contributed by atoms with Crippen molar-refractivity contribution in [1.82, 2.24) is 9.97 Å². The van der Waals surface area contributed by atoms with Gasteiger partial charge in [-0.1, -0.05) is 23.2 Å². The molecule has 0 saturated heterocycles. The molecule has 0 aromatic carbocycles. The number of nitrogens with one attached hydrogen (secondary N) is 1. The number of hydrogen-bond donors (Lipinski definition) is 1. The summed E-state index contributed by atoms with van der Waals surface area (Å²) >= 11 is 11.4. The average Bonchev–Trinajstić information content (AvgIpc) is 2.38. The SMILES string of the molecule is O=C(Nc1cc(Cl)ccn1)c1cc(Cl)ncc1[N+](=O)[O-]. The highest BCUT2D eigenvalue weighted by atomic mass is 35.5. The van der Waals surface area contributed by atoms with Gasteiger partial charge in [0.2, 0.25) is 0 Å². The van der Waals surface area contributed by atoms with Gasteiger partial charge in [-0.05, 0) is 18.2 Å². The molecule has 0 aliphatic heterocycles. The summed E-state index contributed by atoms with van der Waals surface area (Å²) in [6, 6.07) is 4.05. The minimum Gasteiger partial charge on any atom is -0.306 e. The molecule has 0 fully saturated rings. The van der Waals surface area contributed by atoms with Crippen molar-refractivity contribution in [2.24, 2.45) is 0 Å². The van der Waals surface area contributed by atoms with Crippen molar-refractivity contribution in [2.75, 3.05) is 5.32 Å². The second-order valence-corrected chi connectivity index (χ2v) is 4.42. The summed E-state index contributed by atoms with van der Waals surface area (Å²) in [5.41, 5.74) is -0.661. The Hall–Kier alpha value is -2.25. The first kappa shape index (κ1) is 14.2. The van der Waals surface area contributed by atoms with Crippen LogP contribution in [-0.2, 0) is 0 Å². The van der Waals surface area contributed by atoms with Crippen LogP contribution in [-0.4, -0.2) is 20.8 Å². The van der Waals surface area contributed by atoms with Crippen molar-refractivity contribution in [1.29, 1.82) is 0 Å². The second kappa shape index (κ2) is 5.81. The van der Waals surface area contributed by atoms with E-state index in [4.69, 9.17) is 23.2 Å². The van der Waals surface area contributed by atoms with Gasteiger partial charge >= 0.3 is 0 Å². The van der Waals surface area contributed by atoms with Crippen LogP contribution < -0.4 is 5.32 Å². The number of pyridine rings is 2. The summed E-state index contributed by atoms with van der Waals surface area (Å²) in [5.74, 6) is -0.555. The van der Waals surface area contributed by atoms with Gasteiger partial charge in [0.25, 0.3) is 11.6 Å². The van der Waals surface area contributed by atoms with Crippen LogP contribution in [0, 0.1) is 10.1 Å². The zero-order valence-corrected chi connectivity index (χ0v) is 11.2.